The van der Waals surface area contributed by atoms with Gasteiger partial charge in [-0.3, -0.25) is 14.5 Å². The smallest absolute Gasteiger partial charge is 0.271 e. The van der Waals surface area contributed by atoms with E-state index in [1.165, 1.54) is 0 Å². The number of piperazine rings is 1. The summed E-state index contributed by atoms with van der Waals surface area (Å²) < 4.78 is 0. The van der Waals surface area contributed by atoms with Gasteiger partial charge < -0.3 is 9.88 Å². The Kier molecular flexibility index (Phi) is 5.03. The summed E-state index contributed by atoms with van der Waals surface area (Å²) in [5.74, 6) is 0.184. The number of hydrogen-bond donors (Lipinski definition) is 1. The molecule has 2 heterocycles. The predicted molar refractivity (Wildman–Crippen MR) is 109 cm³/mol. The fourth-order valence-electron chi connectivity index (χ4n) is 3.61. The number of nitrogens with zero attached hydrogens (tertiary/aromatic N) is 2. The molecule has 0 atom stereocenters. The highest BCUT2D eigenvalue weighted by Gasteiger charge is 2.20. The third kappa shape index (κ3) is 3.93. The van der Waals surface area contributed by atoms with Crippen LogP contribution in [0, 0.1) is 0 Å². The summed E-state index contributed by atoms with van der Waals surface area (Å²) in [6, 6.07) is 19.3. The normalized spacial score (nSPS) is 15.2. The van der Waals surface area contributed by atoms with Gasteiger partial charge in [-0.1, -0.05) is 48.5 Å². The SMILES string of the molecule is O=C(CCN1CCN(c2cc3ccccc3[nH]c2=O)CC1)c1ccccc1. The summed E-state index contributed by atoms with van der Waals surface area (Å²) in [4.78, 5) is 32.1. The highest BCUT2D eigenvalue weighted by molar-refractivity contribution is 5.96. The minimum Gasteiger partial charge on any atom is -0.365 e. The molecule has 0 aliphatic carbocycles. The minimum atomic E-state index is -0.0404. The summed E-state index contributed by atoms with van der Waals surface area (Å²) in [7, 11) is 0. The number of carbonyl (C=O) groups excluding carboxylic acids is 1. The molecular formula is C22H23N3O2. The Morgan fingerprint density at radius 1 is 0.926 bits per heavy atom. The van der Waals surface area contributed by atoms with Gasteiger partial charge in [0.25, 0.3) is 5.56 Å². The molecule has 3 aromatic rings. The van der Waals surface area contributed by atoms with Crippen molar-refractivity contribution in [2.75, 3.05) is 37.6 Å². The molecule has 0 radical (unpaired) electrons. The second-order valence-electron chi connectivity index (χ2n) is 6.94. The van der Waals surface area contributed by atoms with Crippen molar-refractivity contribution in [2.24, 2.45) is 0 Å². The molecule has 2 aromatic carbocycles. The Bertz CT molecular complexity index is 989. The maximum absolute atomic E-state index is 12.4. The third-order valence-corrected chi connectivity index (χ3v) is 5.20. The molecule has 5 nitrogen and oxygen atoms in total. The largest absolute Gasteiger partial charge is 0.365 e. The molecule has 5 heteroatoms. The fourth-order valence-corrected chi connectivity index (χ4v) is 3.61. The molecule has 138 valence electrons. The van der Waals surface area contributed by atoms with Crippen LogP contribution in [0.2, 0.25) is 0 Å². The molecule has 0 unspecified atom stereocenters. The van der Waals surface area contributed by atoms with Crippen LogP contribution in [0.3, 0.4) is 0 Å². The average molecular weight is 361 g/mol. The van der Waals surface area contributed by atoms with E-state index >= 15 is 0 Å². The molecule has 1 aliphatic heterocycles. The molecule has 27 heavy (non-hydrogen) atoms. The van der Waals surface area contributed by atoms with Crippen LogP contribution in [0.5, 0.6) is 0 Å². The number of nitrogens with one attached hydrogen (secondary N) is 1. The lowest BCUT2D eigenvalue weighted by molar-refractivity contribution is 0.0962. The van der Waals surface area contributed by atoms with Crippen molar-refractivity contribution in [2.45, 2.75) is 6.42 Å². The van der Waals surface area contributed by atoms with Crippen LogP contribution in [0.1, 0.15) is 16.8 Å². The number of aromatic amines is 1. The summed E-state index contributed by atoms with van der Waals surface area (Å²) in [5.41, 5.74) is 2.33. The standard InChI is InChI=1S/C22H23N3O2/c26-21(17-6-2-1-3-7-17)10-11-24-12-14-25(15-13-24)20-16-18-8-4-5-9-19(18)23-22(20)27/h1-9,16H,10-15H2,(H,23,27). The Labute approximate surface area is 158 Å². The molecule has 0 amide bonds. The molecule has 0 bridgehead atoms. The molecule has 4 rings (SSSR count). The lowest BCUT2D eigenvalue weighted by Gasteiger charge is -2.35. The number of fused-ring (bicyclic) bond motifs is 1. The van der Waals surface area contributed by atoms with Crippen molar-refractivity contribution in [3.8, 4) is 0 Å². The highest BCUT2D eigenvalue weighted by Crippen LogP contribution is 2.18. The number of H-pyrrole nitrogens is 1. The van der Waals surface area contributed by atoms with Gasteiger partial charge in [0.05, 0.1) is 0 Å². The zero-order chi connectivity index (χ0) is 18.6. The van der Waals surface area contributed by atoms with Gasteiger partial charge in [0.15, 0.2) is 5.78 Å². The number of anilines is 1. The van der Waals surface area contributed by atoms with Crippen molar-refractivity contribution >= 4 is 22.4 Å². The van der Waals surface area contributed by atoms with Crippen LogP contribution in [0.25, 0.3) is 10.9 Å². The Morgan fingerprint density at radius 2 is 1.63 bits per heavy atom. The number of carbonyl (C=O) groups is 1. The van der Waals surface area contributed by atoms with Crippen molar-refractivity contribution in [3.63, 3.8) is 0 Å². The summed E-state index contributed by atoms with van der Waals surface area (Å²) in [5, 5.41) is 1.04. The second-order valence-corrected chi connectivity index (χ2v) is 6.94. The first kappa shape index (κ1) is 17.5. The number of Topliss-reactive ketones (excluding diaryl/α,β-unsaturated/α-hetero) is 1. The molecule has 1 N–H and O–H groups in total. The third-order valence-electron chi connectivity index (χ3n) is 5.20. The molecule has 1 fully saturated rings. The Morgan fingerprint density at radius 3 is 2.41 bits per heavy atom. The molecule has 1 aliphatic rings. The average Bonchev–Trinajstić information content (AvgIpc) is 2.72. The van der Waals surface area contributed by atoms with Crippen molar-refractivity contribution < 1.29 is 4.79 Å². The number of benzene rings is 2. The van der Waals surface area contributed by atoms with E-state index in [0.29, 0.717) is 6.42 Å². The van der Waals surface area contributed by atoms with Gasteiger partial charge in [-0.25, -0.2) is 0 Å². The quantitative estimate of drug-likeness (QED) is 0.710. The predicted octanol–water partition coefficient (Wildman–Crippen LogP) is 2.92. The van der Waals surface area contributed by atoms with Crippen LogP contribution in [-0.4, -0.2) is 48.4 Å². The van der Waals surface area contributed by atoms with Gasteiger partial charge in [0.1, 0.15) is 5.69 Å². The summed E-state index contributed by atoms with van der Waals surface area (Å²) in [6.45, 7) is 4.06. The highest BCUT2D eigenvalue weighted by atomic mass is 16.1. The van der Waals surface area contributed by atoms with Crippen molar-refractivity contribution in [1.82, 2.24) is 9.88 Å². The zero-order valence-electron chi connectivity index (χ0n) is 15.2. The second kappa shape index (κ2) is 7.76. The van der Waals surface area contributed by atoms with E-state index < -0.39 is 0 Å². The van der Waals surface area contributed by atoms with E-state index in [0.717, 1.165) is 54.9 Å². The topological polar surface area (TPSA) is 56.4 Å². The van der Waals surface area contributed by atoms with Crippen molar-refractivity contribution in [3.05, 3.63) is 76.6 Å². The lowest BCUT2D eigenvalue weighted by Crippen LogP contribution is -2.48. The maximum Gasteiger partial charge on any atom is 0.271 e. The molecule has 0 saturated carbocycles. The summed E-state index contributed by atoms with van der Waals surface area (Å²) >= 11 is 0. The van der Waals surface area contributed by atoms with Crippen LogP contribution in [0.15, 0.2) is 65.5 Å². The van der Waals surface area contributed by atoms with E-state index in [1.807, 2.05) is 60.7 Å². The molecule has 0 spiro atoms. The minimum absolute atomic E-state index is 0.0404. The number of hydrogen-bond acceptors (Lipinski definition) is 4. The van der Waals surface area contributed by atoms with Crippen LogP contribution in [0.4, 0.5) is 5.69 Å². The Balaban J connectivity index is 1.36. The van der Waals surface area contributed by atoms with E-state index in [-0.39, 0.29) is 11.3 Å². The van der Waals surface area contributed by atoms with Gasteiger partial charge in [-0.15, -0.1) is 0 Å². The van der Waals surface area contributed by atoms with Gasteiger partial charge in [0, 0.05) is 55.6 Å². The van der Waals surface area contributed by atoms with Gasteiger partial charge in [0.2, 0.25) is 0 Å². The van der Waals surface area contributed by atoms with Crippen molar-refractivity contribution in [1.29, 1.82) is 0 Å². The monoisotopic (exact) mass is 361 g/mol. The number of rotatable bonds is 5. The summed E-state index contributed by atoms with van der Waals surface area (Å²) in [6.07, 6.45) is 0.528. The maximum atomic E-state index is 12.4. The first-order chi connectivity index (χ1) is 13.2. The first-order valence-corrected chi connectivity index (χ1v) is 9.38. The number of para-hydroxylation sites is 1. The Hall–Kier alpha value is -2.92. The van der Waals surface area contributed by atoms with Crippen LogP contribution in [-0.2, 0) is 0 Å². The molecule has 1 aromatic heterocycles. The van der Waals surface area contributed by atoms with Gasteiger partial charge in [-0.05, 0) is 12.1 Å². The molecule has 1 saturated heterocycles. The lowest BCUT2D eigenvalue weighted by atomic mass is 10.1. The van der Waals surface area contributed by atoms with E-state index in [2.05, 4.69) is 14.8 Å². The van der Waals surface area contributed by atoms with Gasteiger partial charge in [-0.2, -0.15) is 0 Å². The van der Waals surface area contributed by atoms with E-state index in [4.69, 9.17) is 0 Å². The number of ketones is 1. The van der Waals surface area contributed by atoms with E-state index in [1.54, 1.807) is 0 Å². The van der Waals surface area contributed by atoms with Gasteiger partial charge >= 0.3 is 0 Å². The first-order valence-electron chi connectivity index (χ1n) is 9.38. The van der Waals surface area contributed by atoms with E-state index in [9.17, 15) is 9.59 Å². The fraction of sp³-hybridized carbons (Fsp3) is 0.273. The van der Waals surface area contributed by atoms with Crippen LogP contribution >= 0.6 is 0 Å². The molecular weight excluding hydrogens is 338 g/mol. The number of aromatic nitrogens is 1. The zero-order valence-corrected chi connectivity index (χ0v) is 15.2. The van der Waals surface area contributed by atoms with Crippen LogP contribution < -0.4 is 10.5 Å². The number of pyridine rings is 1.